The number of nitrogens with zero attached hydrogens (tertiary/aromatic N) is 4. The lowest BCUT2D eigenvalue weighted by Crippen LogP contribution is -2.37. The average Bonchev–Trinajstić information content (AvgIpc) is 3.03. The third-order valence-electron chi connectivity index (χ3n) is 5.49. The molecule has 0 bridgehead atoms. The van der Waals surface area contributed by atoms with Crippen LogP contribution in [-0.4, -0.2) is 38.1 Å². The van der Waals surface area contributed by atoms with Crippen molar-refractivity contribution < 1.29 is 9.18 Å². The van der Waals surface area contributed by atoms with Crippen molar-refractivity contribution >= 4 is 18.0 Å². The zero-order valence-corrected chi connectivity index (χ0v) is 17.1. The van der Waals surface area contributed by atoms with Crippen LogP contribution in [0.5, 0.6) is 0 Å². The lowest BCUT2D eigenvalue weighted by atomic mass is 9.89. The molecule has 7 heteroatoms. The quantitative estimate of drug-likeness (QED) is 0.464. The Bertz CT molecular complexity index is 1050. The Balaban J connectivity index is 1.42. The van der Waals surface area contributed by atoms with Gasteiger partial charge in [0.2, 0.25) is 0 Å². The van der Waals surface area contributed by atoms with Crippen molar-refractivity contribution in [2.45, 2.75) is 19.5 Å². The van der Waals surface area contributed by atoms with Crippen LogP contribution in [0.1, 0.15) is 23.2 Å². The topological polar surface area (TPSA) is 43.1 Å². The molecule has 0 atom stereocenters. The van der Waals surface area contributed by atoms with Gasteiger partial charge in [0, 0.05) is 37.2 Å². The summed E-state index contributed by atoms with van der Waals surface area (Å²) >= 11 is 5.55. The van der Waals surface area contributed by atoms with Gasteiger partial charge in [-0.2, -0.15) is 5.10 Å². The molecule has 1 fully saturated rings. The minimum atomic E-state index is -0.276. The van der Waals surface area contributed by atoms with E-state index in [0.717, 1.165) is 37.1 Å². The van der Waals surface area contributed by atoms with Crippen LogP contribution in [0, 0.1) is 16.5 Å². The van der Waals surface area contributed by atoms with E-state index in [2.05, 4.69) is 10.00 Å². The summed E-state index contributed by atoms with van der Waals surface area (Å²) in [5.74, 6) is 0.741. The Hall–Kier alpha value is -2.64. The molecule has 3 aromatic rings. The van der Waals surface area contributed by atoms with Gasteiger partial charge in [0.25, 0.3) is 0 Å². The lowest BCUT2D eigenvalue weighted by molar-refractivity contribution is 0.0803. The highest BCUT2D eigenvalue weighted by Gasteiger charge is 2.26. The summed E-state index contributed by atoms with van der Waals surface area (Å²) in [4.78, 5) is 14.9. The molecule has 1 saturated heterocycles. The van der Waals surface area contributed by atoms with Gasteiger partial charge in [0.15, 0.2) is 16.4 Å². The number of likely N-dealkylation sites (tertiary alicyclic amines) is 1. The van der Waals surface area contributed by atoms with E-state index in [0.29, 0.717) is 17.3 Å². The normalized spacial score (nSPS) is 15.5. The monoisotopic (exact) mass is 410 g/mol. The van der Waals surface area contributed by atoms with E-state index >= 15 is 0 Å². The molecule has 1 aliphatic rings. The molecule has 5 nitrogen and oxygen atoms in total. The maximum atomic E-state index is 13.2. The molecule has 0 amide bonds. The number of rotatable bonds is 5. The minimum absolute atomic E-state index is 0.0696. The van der Waals surface area contributed by atoms with Crippen LogP contribution < -0.4 is 0 Å². The van der Waals surface area contributed by atoms with Gasteiger partial charge in [-0.25, -0.2) is 9.07 Å². The molecule has 0 radical (unpaired) electrons. The number of carbonyl (C=O) groups is 1. The summed E-state index contributed by atoms with van der Waals surface area (Å²) in [6.45, 7) is 2.24. The third-order valence-corrected chi connectivity index (χ3v) is 5.98. The van der Waals surface area contributed by atoms with Gasteiger partial charge in [-0.05, 0) is 49.3 Å². The van der Waals surface area contributed by atoms with Gasteiger partial charge >= 0.3 is 0 Å². The van der Waals surface area contributed by atoms with Crippen LogP contribution in [0.2, 0.25) is 0 Å². The van der Waals surface area contributed by atoms with Crippen LogP contribution in [0.25, 0.3) is 11.4 Å². The van der Waals surface area contributed by atoms with Gasteiger partial charge < -0.3 is 4.57 Å². The predicted molar refractivity (Wildman–Crippen MR) is 112 cm³/mol. The van der Waals surface area contributed by atoms with Crippen molar-refractivity contribution in [2.75, 3.05) is 13.1 Å². The molecular weight excluding hydrogens is 387 g/mol. The number of hydrogen-bond acceptors (Lipinski definition) is 4. The first kappa shape index (κ1) is 19.7. The van der Waals surface area contributed by atoms with Crippen LogP contribution in [-0.2, 0) is 13.7 Å². The number of piperidine rings is 1. The zero-order valence-electron chi connectivity index (χ0n) is 16.3. The Morgan fingerprint density at radius 2 is 1.76 bits per heavy atom. The highest BCUT2D eigenvalue weighted by molar-refractivity contribution is 7.71. The first-order chi connectivity index (χ1) is 14.0. The van der Waals surface area contributed by atoms with Crippen molar-refractivity contribution in [1.29, 1.82) is 0 Å². The summed E-state index contributed by atoms with van der Waals surface area (Å²) in [5, 5.41) is 4.65. The van der Waals surface area contributed by atoms with Crippen molar-refractivity contribution in [1.82, 2.24) is 19.2 Å². The standard InChI is InChI=1S/C22H23FN4OS/c1-25-21(18-7-9-19(23)10-8-18)24-27(22(25)29)15-26-13-11-17(12-14-26)20(28)16-5-3-2-4-6-16/h2-10,17H,11-15H2,1H3. The number of carbonyl (C=O) groups excluding carboxylic acids is 1. The van der Waals surface area contributed by atoms with Crippen molar-refractivity contribution in [3.8, 4) is 11.4 Å². The van der Waals surface area contributed by atoms with Crippen LogP contribution in [0.4, 0.5) is 4.39 Å². The minimum Gasteiger partial charge on any atom is -0.303 e. The molecule has 150 valence electrons. The Morgan fingerprint density at radius 1 is 1.10 bits per heavy atom. The Labute approximate surface area is 174 Å². The van der Waals surface area contributed by atoms with E-state index in [1.165, 1.54) is 12.1 Å². The van der Waals surface area contributed by atoms with E-state index in [1.807, 2.05) is 41.9 Å². The van der Waals surface area contributed by atoms with Crippen LogP contribution >= 0.6 is 12.2 Å². The number of ketones is 1. The van der Waals surface area contributed by atoms with Gasteiger partial charge in [-0.3, -0.25) is 9.69 Å². The van der Waals surface area contributed by atoms with E-state index in [9.17, 15) is 9.18 Å². The smallest absolute Gasteiger partial charge is 0.199 e. The maximum absolute atomic E-state index is 13.2. The van der Waals surface area contributed by atoms with Crippen LogP contribution in [0.3, 0.4) is 0 Å². The fourth-order valence-electron chi connectivity index (χ4n) is 3.79. The Kier molecular flexibility index (Phi) is 5.69. The van der Waals surface area contributed by atoms with Gasteiger partial charge in [0.1, 0.15) is 5.82 Å². The molecule has 0 N–H and O–H groups in total. The van der Waals surface area contributed by atoms with Gasteiger partial charge in [0.05, 0.1) is 6.67 Å². The molecule has 0 saturated carbocycles. The number of Topliss-reactive ketones (excluding diaryl/α,β-unsaturated/α-hetero) is 1. The molecule has 0 spiro atoms. The van der Waals surface area contributed by atoms with Crippen molar-refractivity contribution in [2.24, 2.45) is 13.0 Å². The molecule has 2 aromatic carbocycles. The molecule has 2 heterocycles. The lowest BCUT2D eigenvalue weighted by Gasteiger charge is -2.30. The predicted octanol–water partition coefficient (Wildman–Crippen LogP) is 4.31. The molecule has 29 heavy (non-hydrogen) atoms. The van der Waals surface area contributed by atoms with E-state index in [-0.39, 0.29) is 17.5 Å². The summed E-state index contributed by atoms with van der Waals surface area (Å²) in [7, 11) is 1.87. The third kappa shape index (κ3) is 4.21. The summed E-state index contributed by atoms with van der Waals surface area (Å²) in [6.07, 6.45) is 1.66. The number of benzene rings is 2. The summed E-state index contributed by atoms with van der Waals surface area (Å²) in [6, 6.07) is 15.8. The fourth-order valence-corrected chi connectivity index (χ4v) is 3.98. The van der Waals surface area contributed by atoms with E-state index < -0.39 is 0 Å². The summed E-state index contributed by atoms with van der Waals surface area (Å²) in [5.41, 5.74) is 1.62. The highest BCUT2D eigenvalue weighted by Crippen LogP contribution is 2.23. The molecule has 4 rings (SSSR count). The van der Waals surface area contributed by atoms with Crippen molar-refractivity contribution in [3.63, 3.8) is 0 Å². The highest BCUT2D eigenvalue weighted by atomic mass is 32.1. The van der Waals surface area contributed by atoms with Gasteiger partial charge in [-0.15, -0.1) is 0 Å². The summed E-state index contributed by atoms with van der Waals surface area (Å²) < 4.78 is 17.5. The first-order valence-electron chi connectivity index (χ1n) is 9.74. The fraction of sp³-hybridized carbons (Fsp3) is 0.318. The van der Waals surface area contributed by atoms with E-state index in [4.69, 9.17) is 12.2 Å². The molecule has 1 aromatic heterocycles. The largest absolute Gasteiger partial charge is 0.303 e. The zero-order chi connectivity index (χ0) is 20.4. The van der Waals surface area contributed by atoms with E-state index in [1.54, 1.807) is 16.8 Å². The average molecular weight is 411 g/mol. The second kappa shape index (κ2) is 8.39. The number of hydrogen-bond donors (Lipinski definition) is 0. The first-order valence-corrected chi connectivity index (χ1v) is 10.1. The SMILES string of the molecule is Cn1c(-c2ccc(F)cc2)nn(CN2CCC(C(=O)c3ccccc3)CC2)c1=S. The maximum Gasteiger partial charge on any atom is 0.199 e. The van der Waals surface area contributed by atoms with Crippen LogP contribution in [0.15, 0.2) is 54.6 Å². The molecular formula is C22H23FN4OS. The van der Waals surface area contributed by atoms with Gasteiger partial charge in [-0.1, -0.05) is 30.3 Å². The molecule has 0 aliphatic carbocycles. The number of halogens is 1. The number of aromatic nitrogens is 3. The molecule has 1 aliphatic heterocycles. The second-order valence-electron chi connectivity index (χ2n) is 7.44. The molecule has 0 unspecified atom stereocenters. The second-order valence-corrected chi connectivity index (χ2v) is 7.80. The van der Waals surface area contributed by atoms with Crippen molar-refractivity contribution in [3.05, 3.63) is 70.7 Å². The Morgan fingerprint density at radius 3 is 2.41 bits per heavy atom.